The van der Waals surface area contributed by atoms with Gasteiger partial charge in [-0.1, -0.05) is 12.1 Å². The van der Waals surface area contributed by atoms with Crippen LogP contribution in [0.1, 0.15) is 25.3 Å². The topological polar surface area (TPSA) is 17.1 Å². The van der Waals surface area contributed by atoms with Crippen LogP contribution in [0.3, 0.4) is 0 Å². The Balaban J connectivity index is 2.25. The van der Waals surface area contributed by atoms with Crippen LogP contribution < -0.4 is 0 Å². The summed E-state index contributed by atoms with van der Waals surface area (Å²) in [6, 6.07) is 4.97. The summed E-state index contributed by atoms with van der Waals surface area (Å²) >= 11 is 3.22. The Morgan fingerprint density at radius 1 is 1.53 bits per heavy atom. The fraction of sp³-hybridized carbons (Fsp3) is 0.417. The maximum atomic E-state index is 13.2. The summed E-state index contributed by atoms with van der Waals surface area (Å²) in [6.45, 7) is 1.63. The van der Waals surface area contributed by atoms with Gasteiger partial charge in [0.15, 0.2) is 0 Å². The summed E-state index contributed by atoms with van der Waals surface area (Å²) in [4.78, 5) is 11.4. The number of benzene rings is 1. The fourth-order valence-corrected chi connectivity index (χ4v) is 2.26. The number of carbonyl (C=O) groups excluding carboxylic acids is 1. The summed E-state index contributed by atoms with van der Waals surface area (Å²) < 4.78 is 13.7. The molecule has 0 N–H and O–H groups in total. The third-order valence-corrected chi connectivity index (χ3v) is 4.05. The van der Waals surface area contributed by atoms with Gasteiger partial charge in [0.1, 0.15) is 11.6 Å². The van der Waals surface area contributed by atoms with Crippen molar-refractivity contribution in [2.24, 2.45) is 5.41 Å². The standard InChI is InChI=1S/C12H12BrFO/c1-8(15)12(5-6-12)7-9-3-2-4-10(14)11(9)13/h2-4H,5-7H2,1H3. The van der Waals surface area contributed by atoms with Gasteiger partial charge in [0.05, 0.1) is 4.47 Å². The quantitative estimate of drug-likeness (QED) is 0.822. The van der Waals surface area contributed by atoms with Gasteiger partial charge in [0.25, 0.3) is 0 Å². The molecule has 1 aliphatic carbocycles. The van der Waals surface area contributed by atoms with E-state index in [9.17, 15) is 9.18 Å². The van der Waals surface area contributed by atoms with Gasteiger partial charge in [0, 0.05) is 5.41 Å². The molecule has 0 radical (unpaired) electrons. The number of carbonyl (C=O) groups is 1. The number of hydrogen-bond donors (Lipinski definition) is 0. The zero-order valence-corrected chi connectivity index (χ0v) is 10.1. The molecule has 0 aliphatic heterocycles. The van der Waals surface area contributed by atoms with Crippen molar-refractivity contribution in [2.45, 2.75) is 26.2 Å². The van der Waals surface area contributed by atoms with Crippen LogP contribution in [-0.4, -0.2) is 5.78 Å². The Hall–Kier alpha value is -0.700. The summed E-state index contributed by atoms with van der Waals surface area (Å²) in [5.41, 5.74) is 0.693. The number of rotatable bonds is 3. The van der Waals surface area contributed by atoms with E-state index in [1.54, 1.807) is 13.0 Å². The molecule has 3 heteroatoms. The Kier molecular flexibility index (Phi) is 2.67. The van der Waals surface area contributed by atoms with E-state index in [0.717, 1.165) is 18.4 Å². The van der Waals surface area contributed by atoms with Crippen molar-refractivity contribution in [2.75, 3.05) is 0 Å². The molecule has 0 heterocycles. The fourth-order valence-electron chi connectivity index (χ4n) is 1.85. The monoisotopic (exact) mass is 270 g/mol. The number of halogens is 2. The highest BCUT2D eigenvalue weighted by atomic mass is 79.9. The lowest BCUT2D eigenvalue weighted by Crippen LogP contribution is -2.15. The molecule has 0 spiro atoms. The van der Waals surface area contributed by atoms with E-state index in [2.05, 4.69) is 15.9 Å². The largest absolute Gasteiger partial charge is 0.299 e. The van der Waals surface area contributed by atoms with E-state index in [-0.39, 0.29) is 17.0 Å². The normalized spacial score (nSPS) is 17.5. The number of ketones is 1. The smallest absolute Gasteiger partial charge is 0.137 e. The second kappa shape index (κ2) is 3.71. The third-order valence-electron chi connectivity index (χ3n) is 3.16. The minimum Gasteiger partial charge on any atom is -0.299 e. The van der Waals surface area contributed by atoms with Gasteiger partial charge in [-0.05, 0) is 53.7 Å². The molecule has 1 aliphatic rings. The first kappa shape index (κ1) is 10.8. The predicted octanol–water partition coefficient (Wildman–Crippen LogP) is 3.50. The molecule has 80 valence electrons. The van der Waals surface area contributed by atoms with E-state index in [1.807, 2.05) is 6.07 Å². The first-order valence-corrected chi connectivity index (χ1v) is 5.78. The van der Waals surface area contributed by atoms with Crippen LogP contribution in [0.2, 0.25) is 0 Å². The van der Waals surface area contributed by atoms with Crippen molar-refractivity contribution < 1.29 is 9.18 Å². The molecule has 2 rings (SSSR count). The molecule has 0 atom stereocenters. The molecule has 1 fully saturated rings. The molecule has 1 nitrogen and oxygen atoms in total. The zero-order valence-electron chi connectivity index (χ0n) is 8.52. The minimum absolute atomic E-state index is 0.198. The van der Waals surface area contributed by atoms with Crippen molar-refractivity contribution in [1.29, 1.82) is 0 Å². The zero-order chi connectivity index (χ0) is 11.1. The van der Waals surface area contributed by atoms with Crippen molar-refractivity contribution in [3.8, 4) is 0 Å². The first-order chi connectivity index (χ1) is 7.05. The highest BCUT2D eigenvalue weighted by Gasteiger charge is 2.47. The van der Waals surface area contributed by atoms with Crippen LogP contribution in [0, 0.1) is 11.2 Å². The van der Waals surface area contributed by atoms with Gasteiger partial charge in [0.2, 0.25) is 0 Å². The molecule has 15 heavy (non-hydrogen) atoms. The van der Waals surface area contributed by atoms with Crippen molar-refractivity contribution in [3.63, 3.8) is 0 Å². The average molecular weight is 271 g/mol. The van der Waals surface area contributed by atoms with Crippen molar-refractivity contribution in [3.05, 3.63) is 34.1 Å². The summed E-state index contributed by atoms with van der Waals surface area (Å²) in [5, 5.41) is 0. The SMILES string of the molecule is CC(=O)C1(Cc2cccc(F)c2Br)CC1. The van der Waals surface area contributed by atoms with Crippen LogP contribution in [-0.2, 0) is 11.2 Å². The van der Waals surface area contributed by atoms with Gasteiger partial charge < -0.3 is 0 Å². The van der Waals surface area contributed by atoms with Crippen molar-refractivity contribution >= 4 is 21.7 Å². The van der Waals surface area contributed by atoms with Crippen LogP contribution >= 0.6 is 15.9 Å². The van der Waals surface area contributed by atoms with Crippen LogP contribution in [0.5, 0.6) is 0 Å². The molecular weight excluding hydrogens is 259 g/mol. The summed E-state index contributed by atoms with van der Waals surface area (Å²) in [5.74, 6) is -0.0366. The lowest BCUT2D eigenvalue weighted by atomic mass is 9.93. The van der Waals surface area contributed by atoms with Gasteiger partial charge >= 0.3 is 0 Å². The molecular formula is C12H12BrFO. The Morgan fingerprint density at radius 3 is 2.73 bits per heavy atom. The number of hydrogen-bond acceptors (Lipinski definition) is 1. The highest BCUT2D eigenvalue weighted by molar-refractivity contribution is 9.10. The maximum absolute atomic E-state index is 13.2. The van der Waals surface area contributed by atoms with E-state index >= 15 is 0 Å². The van der Waals surface area contributed by atoms with Crippen LogP contribution in [0.15, 0.2) is 22.7 Å². The van der Waals surface area contributed by atoms with Crippen LogP contribution in [0.4, 0.5) is 4.39 Å². The Bertz CT molecular complexity index is 410. The second-order valence-electron chi connectivity index (χ2n) is 4.23. The van der Waals surface area contributed by atoms with E-state index in [4.69, 9.17) is 0 Å². The van der Waals surface area contributed by atoms with Gasteiger partial charge in [-0.2, -0.15) is 0 Å². The molecule has 0 amide bonds. The van der Waals surface area contributed by atoms with E-state index in [0.29, 0.717) is 10.9 Å². The summed E-state index contributed by atoms with van der Waals surface area (Å²) in [6.07, 6.45) is 2.53. The second-order valence-corrected chi connectivity index (χ2v) is 5.02. The lowest BCUT2D eigenvalue weighted by molar-refractivity contribution is -0.121. The molecule has 0 bridgehead atoms. The van der Waals surface area contributed by atoms with E-state index in [1.165, 1.54) is 6.07 Å². The molecule has 1 saturated carbocycles. The molecule has 1 aromatic rings. The average Bonchev–Trinajstić information content (AvgIpc) is 2.94. The maximum Gasteiger partial charge on any atom is 0.137 e. The van der Waals surface area contributed by atoms with Gasteiger partial charge in [-0.3, -0.25) is 4.79 Å². The van der Waals surface area contributed by atoms with Crippen LogP contribution in [0.25, 0.3) is 0 Å². The molecule has 1 aromatic carbocycles. The first-order valence-electron chi connectivity index (χ1n) is 4.99. The Morgan fingerprint density at radius 2 is 2.20 bits per heavy atom. The summed E-state index contributed by atoms with van der Waals surface area (Å²) in [7, 11) is 0. The minimum atomic E-state index is -0.258. The molecule has 0 unspecified atom stereocenters. The van der Waals surface area contributed by atoms with Crippen molar-refractivity contribution in [1.82, 2.24) is 0 Å². The van der Waals surface area contributed by atoms with Gasteiger partial charge in [-0.25, -0.2) is 4.39 Å². The predicted molar refractivity (Wildman–Crippen MR) is 60.2 cm³/mol. The molecule has 0 saturated heterocycles. The third kappa shape index (κ3) is 1.98. The number of Topliss-reactive ketones (excluding diaryl/α,β-unsaturated/α-hetero) is 1. The lowest BCUT2D eigenvalue weighted by Gasteiger charge is -2.12. The Labute approximate surface area is 96.8 Å². The van der Waals surface area contributed by atoms with Gasteiger partial charge in [-0.15, -0.1) is 0 Å². The highest BCUT2D eigenvalue weighted by Crippen LogP contribution is 2.49. The molecule has 0 aromatic heterocycles. The van der Waals surface area contributed by atoms with E-state index < -0.39 is 0 Å².